The van der Waals surface area contributed by atoms with Crippen LogP contribution < -0.4 is 22.8 Å². The second-order valence-corrected chi connectivity index (χ2v) is 6.48. The zero-order chi connectivity index (χ0) is 7.40. The van der Waals surface area contributed by atoms with E-state index in [1.807, 2.05) is 6.07 Å². The fourth-order valence-corrected chi connectivity index (χ4v) is 1.84. The van der Waals surface area contributed by atoms with Crippen LogP contribution in [0.4, 0.5) is 5.69 Å². The molecule has 0 amide bonds. The number of halogens is 2. The van der Waals surface area contributed by atoms with Gasteiger partial charge in [0.05, 0.1) is 0 Å². The van der Waals surface area contributed by atoms with Crippen LogP contribution in [0.25, 0.3) is 0 Å². The van der Waals surface area contributed by atoms with E-state index in [2.05, 4.69) is 53.4 Å². The summed E-state index contributed by atoms with van der Waals surface area (Å²) in [4.78, 5) is 2.25. The van der Waals surface area contributed by atoms with Gasteiger partial charge in [0.2, 0.25) is 0 Å². The predicted octanol–water partition coefficient (Wildman–Crippen LogP) is -0.523. The minimum absolute atomic E-state index is 0.186. The molecule has 0 atom stereocenters. The van der Waals surface area contributed by atoms with Crippen molar-refractivity contribution in [2.24, 2.45) is 0 Å². The second kappa shape index (κ2) is 4.38. The number of alkyl halides is 1. The fraction of sp³-hybridized carbons (Fsp3) is 0.143. The quantitative estimate of drug-likeness (QED) is 0.390. The topological polar surface area (TPSA) is 3.24 Å². The molecule has 0 heterocycles. The molecule has 0 unspecified atom stereocenters. The van der Waals surface area contributed by atoms with Crippen LogP contribution in [0.15, 0.2) is 30.3 Å². The summed E-state index contributed by atoms with van der Waals surface area (Å²) in [7, 11) is 0. The summed E-state index contributed by atoms with van der Waals surface area (Å²) < 4.78 is 2.29. The Kier molecular flexibility index (Phi) is 3.75. The molecule has 1 rings (SSSR count). The van der Waals surface area contributed by atoms with Crippen molar-refractivity contribution in [1.29, 1.82) is 0 Å². The average molecular weight is 360 g/mol. The minimum atomic E-state index is 0.186. The Morgan fingerprint density at radius 3 is 2.40 bits per heavy atom. The standard InChI is InChI=1S/C7H8I2N/c1-9-10(8)7-5-3-2-4-6-7/h2-6H,1H3/q-1. The second-order valence-electron chi connectivity index (χ2n) is 1.74. The van der Waals surface area contributed by atoms with Crippen LogP contribution in [0.5, 0.6) is 0 Å². The molecular formula is C7H8I2N-. The zero-order valence-corrected chi connectivity index (χ0v) is 9.90. The van der Waals surface area contributed by atoms with Crippen LogP contribution in [0.2, 0.25) is 0 Å². The summed E-state index contributed by atoms with van der Waals surface area (Å²) in [6.45, 7) is 0. The third kappa shape index (κ3) is 2.26. The number of anilines is 1. The molecule has 1 aromatic rings. The zero-order valence-electron chi connectivity index (χ0n) is 5.59. The molecule has 0 saturated heterocycles. The van der Waals surface area contributed by atoms with Crippen molar-refractivity contribution in [2.75, 3.05) is 6.26 Å². The van der Waals surface area contributed by atoms with Gasteiger partial charge in [0, 0.05) is 0 Å². The molecule has 56 valence electrons. The van der Waals surface area contributed by atoms with Crippen molar-refractivity contribution in [3.63, 3.8) is 0 Å². The van der Waals surface area contributed by atoms with E-state index in [1.54, 1.807) is 0 Å². The average Bonchev–Trinajstić information content (AvgIpc) is 2.05. The number of benzene rings is 1. The van der Waals surface area contributed by atoms with E-state index >= 15 is 0 Å². The van der Waals surface area contributed by atoms with Crippen LogP contribution in [0, 0.1) is 0 Å². The van der Waals surface area contributed by atoms with Gasteiger partial charge in [0.25, 0.3) is 0 Å². The normalized spacial score (nSPS) is 9.80. The summed E-state index contributed by atoms with van der Waals surface area (Å²) in [5.74, 6) is 0. The van der Waals surface area contributed by atoms with E-state index < -0.39 is 0 Å². The van der Waals surface area contributed by atoms with E-state index in [0.29, 0.717) is 0 Å². The number of rotatable bonds is 2. The number of para-hydroxylation sites is 1. The van der Waals surface area contributed by atoms with Gasteiger partial charge in [-0.25, -0.2) is 0 Å². The predicted molar refractivity (Wildman–Crippen MR) is 48.9 cm³/mol. The van der Waals surface area contributed by atoms with Gasteiger partial charge < -0.3 is 0 Å². The Morgan fingerprint density at radius 2 is 1.90 bits per heavy atom. The molecule has 0 aromatic heterocycles. The molecule has 0 N–H and O–H groups in total. The van der Waals surface area contributed by atoms with Gasteiger partial charge in [-0.1, -0.05) is 0 Å². The van der Waals surface area contributed by atoms with E-state index in [0.717, 1.165) is 0 Å². The van der Waals surface area contributed by atoms with Crippen molar-refractivity contribution in [2.45, 2.75) is 0 Å². The van der Waals surface area contributed by atoms with Gasteiger partial charge in [0.1, 0.15) is 0 Å². The van der Waals surface area contributed by atoms with Crippen LogP contribution in [0.3, 0.4) is 0 Å². The van der Waals surface area contributed by atoms with Crippen LogP contribution in [0.1, 0.15) is 0 Å². The van der Waals surface area contributed by atoms with Gasteiger partial charge in [-0.05, 0) is 0 Å². The van der Waals surface area contributed by atoms with Crippen molar-refractivity contribution in [3.05, 3.63) is 30.3 Å². The summed E-state index contributed by atoms with van der Waals surface area (Å²) in [6.07, 6.45) is 0. The summed E-state index contributed by atoms with van der Waals surface area (Å²) in [5, 5.41) is 0. The molecule has 0 fully saturated rings. The Hall–Kier alpha value is 0.480. The maximum absolute atomic E-state index is 2.35. The van der Waals surface area contributed by atoms with Crippen LogP contribution in [-0.4, -0.2) is 4.93 Å². The Bertz CT molecular complexity index is 188. The van der Waals surface area contributed by atoms with Crippen molar-refractivity contribution < 1.29 is 21.5 Å². The molecule has 0 spiro atoms. The first kappa shape index (κ1) is 8.58. The Labute approximate surface area is 85.9 Å². The third-order valence-electron chi connectivity index (χ3n) is 1.10. The molecule has 0 aliphatic carbocycles. The molecule has 10 heavy (non-hydrogen) atoms. The van der Waals surface area contributed by atoms with E-state index in [9.17, 15) is 0 Å². The van der Waals surface area contributed by atoms with E-state index in [1.165, 1.54) is 5.69 Å². The Balaban J connectivity index is 2.75. The first-order chi connectivity index (χ1) is 4.84. The van der Waals surface area contributed by atoms with Gasteiger partial charge in [0.15, 0.2) is 0 Å². The number of hydrogen-bond acceptors (Lipinski definition) is 1. The van der Waals surface area contributed by atoms with Gasteiger partial charge >= 0.3 is 86.6 Å². The summed E-state index contributed by atoms with van der Waals surface area (Å²) in [6, 6.07) is 10.5. The molecular weight excluding hydrogens is 352 g/mol. The van der Waals surface area contributed by atoms with E-state index in [-0.39, 0.29) is 21.5 Å². The molecule has 0 aliphatic heterocycles. The monoisotopic (exact) mass is 360 g/mol. The molecule has 0 radical (unpaired) electrons. The summed E-state index contributed by atoms with van der Waals surface area (Å²) in [5.41, 5.74) is 1.32. The van der Waals surface area contributed by atoms with Gasteiger partial charge in [-0.15, -0.1) is 0 Å². The molecule has 0 saturated carbocycles. The first-order valence-electron chi connectivity index (χ1n) is 2.85. The van der Waals surface area contributed by atoms with E-state index in [4.69, 9.17) is 0 Å². The van der Waals surface area contributed by atoms with Crippen LogP contribution >= 0.6 is 22.9 Å². The SMILES string of the molecule is C[I-]N(I)c1ccccc1. The van der Waals surface area contributed by atoms with Gasteiger partial charge in [-0.3, -0.25) is 0 Å². The molecule has 1 aromatic carbocycles. The molecule has 3 heteroatoms. The van der Waals surface area contributed by atoms with Crippen LogP contribution in [-0.2, 0) is 0 Å². The van der Waals surface area contributed by atoms with Crippen molar-refractivity contribution >= 4 is 28.6 Å². The molecule has 1 nitrogen and oxygen atoms in total. The number of nitrogens with zero attached hydrogens (tertiary/aromatic N) is 1. The first-order valence-corrected chi connectivity index (χ1v) is 6.94. The molecule has 0 bridgehead atoms. The summed E-state index contributed by atoms with van der Waals surface area (Å²) >= 11 is 2.54. The number of hydrogen-bond donors (Lipinski definition) is 0. The fourth-order valence-electron chi connectivity index (χ4n) is 0.638. The maximum atomic E-state index is 2.35. The van der Waals surface area contributed by atoms with Crippen molar-refractivity contribution in [3.8, 4) is 0 Å². The third-order valence-corrected chi connectivity index (χ3v) is 5.51. The molecule has 0 aliphatic rings. The van der Waals surface area contributed by atoms with Crippen molar-refractivity contribution in [1.82, 2.24) is 0 Å². The Morgan fingerprint density at radius 1 is 1.30 bits per heavy atom. The van der Waals surface area contributed by atoms with Gasteiger partial charge in [-0.2, -0.15) is 0 Å².